The number of amides is 2. The maximum atomic E-state index is 11.0. The van der Waals surface area contributed by atoms with Gasteiger partial charge in [0.1, 0.15) is 0 Å². The van der Waals surface area contributed by atoms with Crippen LogP contribution in [0, 0.1) is 0 Å². The fourth-order valence-corrected chi connectivity index (χ4v) is 1.23. The summed E-state index contributed by atoms with van der Waals surface area (Å²) in [7, 11) is 0. The van der Waals surface area contributed by atoms with E-state index in [0.717, 1.165) is 16.3 Å². The first-order valence-electron chi connectivity index (χ1n) is 4.21. The van der Waals surface area contributed by atoms with Gasteiger partial charge in [-0.1, -0.05) is 30.3 Å². The molecule has 1 aromatic carbocycles. The van der Waals surface area contributed by atoms with Gasteiger partial charge in [-0.25, -0.2) is 16.1 Å². The normalized spacial score (nSPS) is 16.2. The minimum Gasteiger partial charge on any atom is -0.255 e. The maximum Gasteiger partial charge on any atom is 0.352 e. The average molecular weight is 190 g/mol. The first-order valence-corrected chi connectivity index (χ1v) is 4.21. The molecule has 3 N–H and O–H groups in total. The van der Waals surface area contributed by atoms with Gasteiger partial charge in [0.05, 0.1) is 12.3 Å². The number of rotatable bonds is 1. The lowest BCUT2D eigenvalue weighted by molar-refractivity contribution is 0.203. The second kappa shape index (κ2) is 3.47. The third kappa shape index (κ3) is 1.57. The monoisotopic (exact) mass is 190 g/mol. The molecule has 5 heteroatoms. The molecule has 2 amide bonds. The lowest BCUT2D eigenvalue weighted by Crippen LogP contribution is -2.50. The molecule has 0 radical (unpaired) electrons. The number of benzene rings is 1. The zero-order valence-corrected chi connectivity index (χ0v) is 7.47. The smallest absolute Gasteiger partial charge is 0.255 e. The number of carbonyl (C=O) groups is 1. The van der Waals surface area contributed by atoms with Crippen molar-refractivity contribution in [3.05, 3.63) is 35.9 Å². The Morgan fingerprint density at radius 3 is 2.71 bits per heavy atom. The molecule has 2 rings (SSSR count). The lowest BCUT2D eigenvalue weighted by Gasteiger charge is -2.21. The van der Waals surface area contributed by atoms with Crippen molar-refractivity contribution in [1.29, 1.82) is 0 Å². The Bertz CT molecular complexity index is 374. The predicted molar refractivity (Wildman–Crippen MR) is 52.4 cm³/mol. The van der Waals surface area contributed by atoms with E-state index in [4.69, 9.17) is 5.84 Å². The van der Waals surface area contributed by atoms with Crippen molar-refractivity contribution in [2.75, 3.05) is 6.54 Å². The molecule has 1 aliphatic rings. The summed E-state index contributed by atoms with van der Waals surface area (Å²) in [5, 5.41) is 5.02. The Hall–Kier alpha value is -1.88. The van der Waals surface area contributed by atoms with E-state index in [-0.39, 0.29) is 6.03 Å². The number of nitrogens with zero attached hydrogens (tertiary/aromatic N) is 2. The Morgan fingerprint density at radius 2 is 2.07 bits per heavy atom. The number of nitrogens with two attached hydrogens (primary N) is 1. The SMILES string of the molecule is NN1CC(c2ccccc2)=NNC1=O. The van der Waals surface area contributed by atoms with Crippen molar-refractivity contribution in [3.63, 3.8) is 0 Å². The van der Waals surface area contributed by atoms with E-state index >= 15 is 0 Å². The zero-order chi connectivity index (χ0) is 9.97. The quantitative estimate of drug-likeness (QED) is 0.493. The van der Waals surface area contributed by atoms with Crippen molar-refractivity contribution in [2.24, 2.45) is 10.9 Å². The van der Waals surface area contributed by atoms with Crippen LogP contribution in [0.3, 0.4) is 0 Å². The molecule has 0 spiro atoms. The molecular formula is C9H10N4O. The molecule has 0 aromatic heterocycles. The minimum atomic E-state index is -0.385. The highest BCUT2D eigenvalue weighted by atomic mass is 16.2. The molecule has 0 saturated carbocycles. The second-order valence-corrected chi connectivity index (χ2v) is 2.97. The molecule has 0 saturated heterocycles. The fourth-order valence-electron chi connectivity index (χ4n) is 1.23. The van der Waals surface area contributed by atoms with Crippen LogP contribution in [-0.4, -0.2) is 23.3 Å². The van der Waals surface area contributed by atoms with Crippen molar-refractivity contribution in [1.82, 2.24) is 10.4 Å². The summed E-state index contributed by atoms with van der Waals surface area (Å²) in [6, 6.07) is 9.20. The van der Waals surface area contributed by atoms with Crippen molar-refractivity contribution in [3.8, 4) is 0 Å². The predicted octanol–water partition coefficient (Wildman–Crippen LogP) is 0.290. The largest absolute Gasteiger partial charge is 0.352 e. The summed E-state index contributed by atoms with van der Waals surface area (Å²) in [6.45, 7) is 0.329. The molecule has 0 fully saturated rings. The number of hydrogen-bond donors (Lipinski definition) is 2. The molecule has 72 valence electrons. The standard InChI is InChI=1S/C9H10N4O/c10-13-6-8(11-12-9(13)14)7-4-2-1-3-5-7/h1-5H,6,10H2,(H,12,14). The molecule has 14 heavy (non-hydrogen) atoms. The molecule has 0 atom stereocenters. The Kier molecular flexibility index (Phi) is 2.16. The van der Waals surface area contributed by atoms with Gasteiger partial charge in [-0.15, -0.1) is 0 Å². The summed E-state index contributed by atoms with van der Waals surface area (Å²) in [4.78, 5) is 11.0. The fraction of sp³-hybridized carbons (Fsp3) is 0.111. The number of urea groups is 1. The summed E-state index contributed by atoms with van der Waals surface area (Å²) in [6.07, 6.45) is 0. The Balaban J connectivity index is 2.25. The summed E-state index contributed by atoms with van der Waals surface area (Å²) >= 11 is 0. The van der Waals surface area contributed by atoms with E-state index in [9.17, 15) is 4.79 Å². The average Bonchev–Trinajstić information content (AvgIpc) is 2.23. The first kappa shape index (κ1) is 8.71. The summed E-state index contributed by atoms with van der Waals surface area (Å²) in [5.41, 5.74) is 4.05. The van der Waals surface area contributed by atoms with Gasteiger partial charge in [-0.2, -0.15) is 5.10 Å². The van der Waals surface area contributed by atoms with Crippen LogP contribution in [0.5, 0.6) is 0 Å². The van der Waals surface area contributed by atoms with E-state index in [0.29, 0.717) is 6.54 Å². The molecule has 0 bridgehead atoms. The number of nitrogens with one attached hydrogen (secondary N) is 1. The van der Waals surface area contributed by atoms with Crippen molar-refractivity contribution in [2.45, 2.75) is 0 Å². The van der Waals surface area contributed by atoms with Crippen LogP contribution in [-0.2, 0) is 0 Å². The van der Waals surface area contributed by atoms with Crippen LogP contribution >= 0.6 is 0 Å². The summed E-state index contributed by atoms with van der Waals surface area (Å²) < 4.78 is 0. The highest BCUT2D eigenvalue weighted by Gasteiger charge is 2.17. The molecule has 0 aliphatic carbocycles. The topological polar surface area (TPSA) is 70.7 Å². The van der Waals surface area contributed by atoms with Crippen LogP contribution in [0.4, 0.5) is 4.79 Å². The second-order valence-electron chi connectivity index (χ2n) is 2.97. The number of hydrogen-bond acceptors (Lipinski definition) is 3. The van der Waals surface area contributed by atoms with E-state index in [1.165, 1.54) is 0 Å². The molecule has 1 aromatic rings. The van der Waals surface area contributed by atoms with Gasteiger partial charge in [-0.05, 0) is 5.56 Å². The highest BCUT2D eigenvalue weighted by molar-refractivity contribution is 6.05. The first-order chi connectivity index (χ1) is 6.77. The molecule has 5 nitrogen and oxygen atoms in total. The van der Waals surface area contributed by atoms with Crippen LogP contribution in [0.15, 0.2) is 35.4 Å². The third-order valence-corrected chi connectivity index (χ3v) is 1.97. The van der Waals surface area contributed by atoms with Crippen LogP contribution < -0.4 is 11.3 Å². The van der Waals surface area contributed by atoms with Crippen LogP contribution in [0.2, 0.25) is 0 Å². The van der Waals surface area contributed by atoms with Crippen molar-refractivity contribution >= 4 is 11.7 Å². The molecule has 1 aliphatic heterocycles. The molecule has 0 unspecified atom stereocenters. The molecular weight excluding hydrogens is 180 g/mol. The summed E-state index contributed by atoms with van der Waals surface area (Å²) in [5.74, 6) is 5.45. The Labute approximate surface area is 81.2 Å². The highest BCUT2D eigenvalue weighted by Crippen LogP contribution is 2.04. The van der Waals surface area contributed by atoms with Gasteiger partial charge in [0.25, 0.3) is 0 Å². The number of hydrazone groups is 1. The van der Waals surface area contributed by atoms with E-state index in [1.54, 1.807) is 0 Å². The van der Waals surface area contributed by atoms with E-state index < -0.39 is 0 Å². The Morgan fingerprint density at radius 1 is 1.36 bits per heavy atom. The minimum absolute atomic E-state index is 0.329. The number of carbonyl (C=O) groups excluding carboxylic acids is 1. The third-order valence-electron chi connectivity index (χ3n) is 1.97. The zero-order valence-electron chi connectivity index (χ0n) is 7.47. The van der Waals surface area contributed by atoms with Crippen LogP contribution in [0.1, 0.15) is 5.56 Å². The van der Waals surface area contributed by atoms with Crippen LogP contribution in [0.25, 0.3) is 0 Å². The van der Waals surface area contributed by atoms with Gasteiger partial charge < -0.3 is 0 Å². The van der Waals surface area contributed by atoms with E-state index in [1.807, 2.05) is 30.3 Å². The number of hydrazine groups is 1. The lowest BCUT2D eigenvalue weighted by atomic mass is 10.1. The molecule has 1 heterocycles. The van der Waals surface area contributed by atoms with Gasteiger partial charge >= 0.3 is 6.03 Å². The van der Waals surface area contributed by atoms with Crippen molar-refractivity contribution < 1.29 is 4.79 Å². The van der Waals surface area contributed by atoms with Gasteiger partial charge in [0, 0.05) is 0 Å². The maximum absolute atomic E-state index is 11.0. The van der Waals surface area contributed by atoms with E-state index in [2.05, 4.69) is 10.5 Å². The van der Waals surface area contributed by atoms with Gasteiger partial charge in [-0.3, -0.25) is 5.01 Å². The van der Waals surface area contributed by atoms with Gasteiger partial charge in [0.2, 0.25) is 0 Å². The van der Waals surface area contributed by atoms with Gasteiger partial charge in [0.15, 0.2) is 0 Å².